The summed E-state index contributed by atoms with van der Waals surface area (Å²) in [6.45, 7) is 8.74. The van der Waals surface area contributed by atoms with E-state index in [1.165, 1.54) is 17.6 Å². The van der Waals surface area contributed by atoms with Gasteiger partial charge < -0.3 is 19.6 Å². The first-order chi connectivity index (χ1) is 15.1. The summed E-state index contributed by atoms with van der Waals surface area (Å²) >= 11 is 1.38. The number of carbonyl (C=O) groups excluding carboxylic acids is 1. The standard InChI is InChI=1S/C23H26N2O6S/c1-6-14-7-15-18(30-9-16(20(15)26)22-24-12(4)10-32-22)8-17(14)31-13(5)21(27)25-19(11(2)3)23(28)29/h7-11,13,19H,6H2,1-5H3,(H,25,27)(H,28,29)/t13-,19-/m0/s1. The van der Waals surface area contributed by atoms with Gasteiger partial charge in [-0.3, -0.25) is 9.59 Å². The van der Waals surface area contributed by atoms with Gasteiger partial charge in [0.25, 0.3) is 5.91 Å². The van der Waals surface area contributed by atoms with Gasteiger partial charge in [-0.05, 0) is 37.8 Å². The molecule has 9 heteroatoms. The molecule has 0 spiro atoms. The Morgan fingerprint density at radius 1 is 1.28 bits per heavy atom. The number of carboxylic acids is 1. The second-order valence-corrected chi connectivity index (χ2v) is 8.77. The fourth-order valence-corrected chi connectivity index (χ4v) is 4.04. The first-order valence-corrected chi connectivity index (χ1v) is 11.2. The molecule has 32 heavy (non-hydrogen) atoms. The molecule has 2 heterocycles. The van der Waals surface area contributed by atoms with E-state index in [1.807, 2.05) is 19.2 Å². The highest BCUT2D eigenvalue weighted by atomic mass is 32.1. The molecule has 3 rings (SSSR count). The summed E-state index contributed by atoms with van der Waals surface area (Å²) < 4.78 is 11.6. The highest BCUT2D eigenvalue weighted by molar-refractivity contribution is 7.13. The normalized spacial score (nSPS) is 13.2. The molecule has 0 aliphatic carbocycles. The van der Waals surface area contributed by atoms with Gasteiger partial charge in [0.15, 0.2) is 6.10 Å². The minimum atomic E-state index is -1.10. The molecule has 0 aliphatic rings. The number of nitrogens with zero attached hydrogens (tertiary/aromatic N) is 1. The third-order valence-electron chi connectivity index (χ3n) is 5.09. The molecule has 0 saturated heterocycles. The number of hydrogen-bond acceptors (Lipinski definition) is 7. The first-order valence-electron chi connectivity index (χ1n) is 10.3. The van der Waals surface area contributed by atoms with Crippen LogP contribution < -0.4 is 15.5 Å². The van der Waals surface area contributed by atoms with Crippen LogP contribution in [0.15, 0.2) is 33.0 Å². The van der Waals surface area contributed by atoms with E-state index >= 15 is 0 Å². The molecule has 0 aliphatic heterocycles. The van der Waals surface area contributed by atoms with E-state index in [9.17, 15) is 19.5 Å². The van der Waals surface area contributed by atoms with Gasteiger partial charge in [0.1, 0.15) is 28.6 Å². The predicted molar refractivity (Wildman–Crippen MR) is 122 cm³/mol. The fourth-order valence-electron chi connectivity index (χ4n) is 3.24. The Hall–Kier alpha value is -3.20. The number of ether oxygens (including phenoxy) is 1. The van der Waals surface area contributed by atoms with Crippen molar-refractivity contribution in [1.82, 2.24) is 10.3 Å². The Bertz CT molecular complexity index is 1210. The summed E-state index contributed by atoms with van der Waals surface area (Å²) in [7, 11) is 0. The monoisotopic (exact) mass is 458 g/mol. The van der Waals surface area contributed by atoms with Crippen molar-refractivity contribution in [2.24, 2.45) is 5.92 Å². The first kappa shape index (κ1) is 23.5. The van der Waals surface area contributed by atoms with Gasteiger partial charge in [-0.1, -0.05) is 20.8 Å². The number of carbonyl (C=O) groups is 2. The van der Waals surface area contributed by atoms with Crippen LogP contribution >= 0.6 is 11.3 Å². The molecule has 2 N–H and O–H groups in total. The smallest absolute Gasteiger partial charge is 0.326 e. The molecule has 1 amide bonds. The maximum Gasteiger partial charge on any atom is 0.326 e. The van der Waals surface area contributed by atoms with Crippen molar-refractivity contribution in [3.63, 3.8) is 0 Å². The predicted octanol–water partition coefficient (Wildman–Crippen LogP) is 3.78. The van der Waals surface area contributed by atoms with E-state index in [-0.39, 0.29) is 11.3 Å². The van der Waals surface area contributed by atoms with Crippen LogP contribution in [0, 0.1) is 12.8 Å². The van der Waals surface area contributed by atoms with Crippen molar-refractivity contribution in [2.75, 3.05) is 0 Å². The number of hydrogen-bond donors (Lipinski definition) is 2. The minimum Gasteiger partial charge on any atom is -0.480 e. The summed E-state index contributed by atoms with van der Waals surface area (Å²) in [5.41, 5.74) is 2.10. The Balaban J connectivity index is 1.91. The molecule has 3 aromatic rings. The largest absolute Gasteiger partial charge is 0.480 e. The van der Waals surface area contributed by atoms with E-state index in [2.05, 4.69) is 10.3 Å². The lowest BCUT2D eigenvalue weighted by molar-refractivity contribution is -0.144. The molecule has 1 aromatic carbocycles. The molecule has 8 nitrogen and oxygen atoms in total. The van der Waals surface area contributed by atoms with Crippen molar-refractivity contribution in [3.05, 3.63) is 45.3 Å². The highest BCUT2D eigenvalue weighted by Crippen LogP contribution is 2.29. The molecule has 0 radical (unpaired) electrons. The van der Waals surface area contributed by atoms with Crippen molar-refractivity contribution < 1.29 is 23.8 Å². The SMILES string of the molecule is CCc1cc2c(=O)c(-c3nc(C)cs3)coc2cc1O[C@@H](C)C(=O)N[C@H](C(=O)O)C(C)C. The topological polar surface area (TPSA) is 119 Å². The third kappa shape index (κ3) is 4.83. The zero-order valence-electron chi connectivity index (χ0n) is 18.6. The lowest BCUT2D eigenvalue weighted by Gasteiger charge is -2.22. The Morgan fingerprint density at radius 2 is 2.00 bits per heavy atom. The number of aromatic nitrogens is 1. The van der Waals surface area contributed by atoms with Crippen LogP contribution in [-0.2, 0) is 16.0 Å². The van der Waals surface area contributed by atoms with E-state index in [0.717, 1.165) is 11.3 Å². The zero-order chi connectivity index (χ0) is 23.6. The molecule has 170 valence electrons. The second kappa shape index (κ2) is 9.52. The number of nitrogens with one attached hydrogen (secondary N) is 1. The van der Waals surface area contributed by atoms with Crippen molar-refractivity contribution >= 4 is 34.2 Å². The average Bonchev–Trinajstić information content (AvgIpc) is 3.17. The molecule has 0 fully saturated rings. The van der Waals surface area contributed by atoms with E-state index in [0.29, 0.717) is 33.7 Å². The van der Waals surface area contributed by atoms with Gasteiger partial charge in [0.05, 0.1) is 10.9 Å². The fraction of sp³-hybridized carbons (Fsp3) is 0.391. The lowest BCUT2D eigenvalue weighted by Crippen LogP contribution is -2.48. The number of aliphatic carboxylic acids is 1. The number of fused-ring (bicyclic) bond motifs is 1. The van der Waals surface area contributed by atoms with Crippen LogP contribution in [0.25, 0.3) is 21.5 Å². The van der Waals surface area contributed by atoms with Gasteiger partial charge in [0.2, 0.25) is 5.43 Å². The molecule has 2 aromatic heterocycles. The van der Waals surface area contributed by atoms with Crippen LogP contribution in [0.1, 0.15) is 39.0 Å². The van der Waals surface area contributed by atoms with Gasteiger partial charge >= 0.3 is 5.97 Å². The Labute approximate surface area is 189 Å². The van der Waals surface area contributed by atoms with Gasteiger partial charge in [-0.25, -0.2) is 9.78 Å². The van der Waals surface area contributed by atoms with Crippen LogP contribution in [0.4, 0.5) is 0 Å². The van der Waals surface area contributed by atoms with Crippen molar-refractivity contribution in [3.8, 4) is 16.3 Å². The zero-order valence-corrected chi connectivity index (χ0v) is 19.4. The lowest BCUT2D eigenvalue weighted by atomic mass is 10.0. The van der Waals surface area contributed by atoms with Crippen molar-refractivity contribution in [2.45, 2.75) is 53.2 Å². The number of carboxylic acid groups (broad SMARTS) is 1. The van der Waals surface area contributed by atoms with Crippen LogP contribution in [-0.4, -0.2) is 34.1 Å². The number of benzene rings is 1. The maximum absolute atomic E-state index is 13.0. The quantitative estimate of drug-likeness (QED) is 0.527. The number of thiazole rings is 1. The third-order valence-corrected chi connectivity index (χ3v) is 6.08. The molecule has 0 saturated carbocycles. The maximum atomic E-state index is 13.0. The highest BCUT2D eigenvalue weighted by Gasteiger charge is 2.27. The molecule has 0 bridgehead atoms. The van der Waals surface area contributed by atoms with Gasteiger partial charge in [0, 0.05) is 17.1 Å². The number of rotatable bonds is 8. The summed E-state index contributed by atoms with van der Waals surface area (Å²) in [5, 5.41) is 14.7. The Morgan fingerprint density at radius 3 is 2.56 bits per heavy atom. The summed E-state index contributed by atoms with van der Waals surface area (Å²) in [6, 6.07) is 2.29. The number of aryl methyl sites for hydroxylation is 2. The summed E-state index contributed by atoms with van der Waals surface area (Å²) in [4.78, 5) is 41.3. The van der Waals surface area contributed by atoms with E-state index < -0.39 is 24.0 Å². The van der Waals surface area contributed by atoms with Gasteiger partial charge in [-0.15, -0.1) is 11.3 Å². The van der Waals surface area contributed by atoms with E-state index in [1.54, 1.807) is 32.9 Å². The van der Waals surface area contributed by atoms with Crippen LogP contribution in [0.5, 0.6) is 5.75 Å². The van der Waals surface area contributed by atoms with Crippen molar-refractivity contribution in [1.29, 1.82) is 0 Å². The molecule has 2 atom stereocenters. The second-order valence-electron chi connectivity index (χ2n) is 7.91. The van der Waals surface area contributed by atoms with E-state index in [4.69, 9.17) is 9.15 Å². The molecular formula is C23H26N2O6S. The molecular weight excluding hydrogens is 432 g/mol. The summed E-state index contributed by atoms with van der Waals surface area (Å²) in [6.07, 6.45) is 1.00. The number of amides is 1. The van der Waals surface area contributed by atoms with Crippen LogP contribution in [0.3, 0.4) is 0 Å². The van der Waals surface area contributed by atoms with Crippen LogP contribution in [0.2, 0.25) is 0 Å². The Kier molecular flexibility index (Phi) is 6.98. The summed E-state index contributed by atoms with van der Waals surface area (Å²) in [5.74, 6) is -1.52. The average molecular weight is 459 g/mol. The molecule has 0 unspecified atom stereocenters. The van der Waals surface area contributed by atoms with Gasteiger partial charge in [-0.2, -0.15) is 0 Å². The minimum absolute atomic E-state index is 0.186.